The molecule has 2 aliphatic carbocycles. The van der Waals surface area contributed by atoms with Crippen LogP contribution in [-0.4, -0.2) is 53.6 Å². The lowest BCUT2D eigenvalue weighted by molar-refractivity contribution is -0.139. The predicted molar refractivity (Wildman–Crippen MR) is 121 cm³/mol. The number of nitrogens with one attached hydrogen (secondary N) is 1. The number of benzene rings is 1. The Morgan fingerprint density at radius 1 is 1.06 bits per heavy atom. The van der Waals surface area contributed by atoms with Gasteiger partial charge >= 0.3 is 6.18 Å². The first kappa shape index (κ1) is 23.5. The molecule has 1 aromatic rings. The number of hydrogen-bond donors (Lipinski definition) is 2. The van der Waals surface area contributed by atoms with Crippen LogP contribution in [0.25, 0.3) is 0 Å². The number of amides is 2. The number of aliphatic hydroxyl groups is 1. The highest BCUT2D eigenvalue weighted by Crippen LogP contribution is 2.46. The molecule has 4 fully saturated rings. The molecule has 1 spiro atoms. The van der Waals surface area contributed by atoms with Crippen molar-refractivity contribution in [3.8, 4) is 0 Å². The van der Waals surface area contributed by atoms with Gasteiger partial charge in [-0.25, -0.2) is 0 Å². The van der Waals surface area contributed by atoms with Gasteiger partial charge in [0.25, 0.3) is 0 Å². The largest absolute Gasteiger partial charge is 0.418 e. The van der Waals surface area contributed by atoms with E-state index in [1.165, 1.54) is 12.1 Å². The van der Waals surface area contributed by atoms with Gasteiger partial charge in [-0.2, -0.15) is 13.2 Å². The summed E-state index contributed by atoms with van der Waals surface area (Å²) in [6.45, 7) is 1.36. The molecule has 2 aliphatic heterocycles. The molecule has 34 heavy (non-hydrogen) atoms. The first-order chi connectivity index (χ1) is 16.2. The average molecular weight is 480 g/mol. The Morgan fingerprint density at radius 3 is 2.47 bits per heavy atom. The molecular weight excluding hydrogens is 447 g/mol. The maximum absolute atomic E-state index is 14.0. The monoisotopic (exact) mass is 479 g/mol. The van der Waals surface area contributed by atoms with Crippen LogP contribution < -0.4 is 10.2 Å². The lowest BCUT2D eigenvalue weighted by atomic mass is 9.78. The van der Waals surface area contributed by atoms with Gasteiger partial charge in [-0.05, 0) is 76.0 Å². The number of carbonyl (C=O) groups excluding carboxylic acids is 2. The number of hydrogen-bond acceptors (Lipinski definition) is 4. The summed E-state index contributed by atoms with van der Waals surface area (Å²) in [4.78, 5) is 29.2. The molecule has 2 amide bonds. The van der Waals surface area contributed by atoms with Crippen molar-refractivity contribution in [1.29, 1.82) is 0 Å². The quantitative estimate of drug-likeness (QED) is 0.680. The standard InChI is InChI=1S/C25H32F3N3O3/c26-25(27,28)20-14-17(29-22(33)16-2-3-16)4-9-21(20)30-12-1-10-24(15-30)11-13-31(23(24)34)18-5-7-19(32)8-6-18/h4,9,14,16,18-19,32H,1-3,5-8,10-13,15H2,(H,29,33)/t18?,19?,24-/m0/s1. The zero-order chi connectivity index (χ0) is 24.1. The van der Waals surface area contributed by atoms with Crippen molar-refractivity contribution in [2.24, 2.45) is 11.3 Å². The first-order valence-electron chi connectivity index (χ1n) is 12.4. The van der Waals surface area contributed by atoms with E-state index >= 15 is 0 Å². The molecule has 2 N–H and O–H groups in total. The summed E-state index contributed by atoms with van der Waals surface area (Å²) in [5.41, 5.74) is -1.21. The normalized spacial score (nSPS) is 30.2. The SMILES string of the molecule is O=C(Nc1ccc(N2CCC[C@]3(CCN(C4CCC(O)CC4)C3=O)C2)c(C(F)(F)F)c1)C1CC1. The van der Waals surface area contributed by atoms with Gasteiger partial charge in [0.2, 0.25) is 11.8 Å². The van der Waals surface area contributed by atoms with Gasteiger partial charge in [-0.15, -0.1) is 0 Å². The smallest absolute Gasteiger partial charge is 0.393 e. The second-order valence-electron chi connectivity index (χ2n) is 10.5. The summed E-state index contributed by atoms with van der Waals surface area (Å²) in [5, 5.41) is 12.4. The summed E-state index contributed by atoms with van der Waals surface area (Å²) in [6, 6.07) is 4.10. The van der Waals surface area contributed by atoms with Crippen molar-refractivity contribution in [1.82, 2.24) is 4.90 Å². The molecule has 5 rings (SSSR count). The molecule has 2 saturated carbocycles. The molecule has 1 atom stereocenters. The van der Waals surface area contributed by atoms with E-state index in [1.54, 1.807) is 4.90 Å². The van der Waals surface area contributed by atoms with E-state index < -0.39 is 17.2 Å². The highest BCUT2D eigenvalue weighted by molar-refractivity contribution is 5.94. The number of carbonyl (C=O) groups is 2. The molecule has 0 unspecified atom stereocenters. The minimum atomic E-state index is -4.57. The highest BCUT2D eigenvalue weighted by atomic mass is 19.4. The molecule has 2 saturated heterocycles. The number of alkyl halides is 3. The van der Waals surface area contributed by atoms with E-state index in [2.05, 4.69) is 5.32 Å². The van der Waals surface area contributed by atoms with Gasteiger partial charge in [0, 0.05) is 43.0 Å². The van der Waals surface area contributed by atoms with Gasteiger partial charge in [0.15, 0.2) is 0 Å². The van der Waals surface area contributed by atoms with E-state index in [0.29, 0.717) is 45.2 Å². The Hall–Kier alpha value is -2.29. The van der Waals surface area contributed by atoms with E-state index in [1.807, 2.05) is 4.90 Å². The Morgan fingerprint density at radius 2 is 1.79 bits per heavy atom. The van der Waals surface area contributed by atoms with Gasteiger partial charge in [0.1, 0.15) is 0 Å². The molecule has 186 valence electrons. The molecular formula is C25H32F3N3O3. The topological polar surface area (TPSA) is 72.9 Å². The minimum Gasteiger partial charge on any atom is -0.393 e. The van der Waals surface area contributed by atoms with Crippen LogP contribution >= 0.6 is 0 Å². The van der Waals surface area contributed by atoms with Crippen LogP contribution in [0, 0.1) is 11.3 Å². The number of aliphatic hydroxyl groups excluding tert-OH is 1. The van der Waals surface area contributed by atoms with Crippen LogP contribution in [0.2, 0.25) is 0 Å². The maximum Gasteiger partial charge on any atom is 0.418 e. The van der Waals surface area contributed by atoms with Crippen LogP contribution in [0.4, 0.5) is 24.5 Å². The van der Waals surface area contributed by atoms with Crippen LogP contribution in [-0.2, 0) is 15.8 Å². The van der Waals surface area contributed by atoms with E-state index in [4.69, 9.17) is 0 Å². The Bertz CT molecular complexity index is 956. The van der Waals surface area contributed by atoms with Gasteiger partial charge in [0.05, 0.1) is 17.1 Å². The summed E-state index contributed by atoms with van der Waals surface area (Å²) in [6.07, 6.45) is 1.59. The Labute approximate surface area is 197 Å². The van der Waals surface area contributed by atoms with Crippen molar-refractivity contribution >= 4 is 23.2 Å². The lowest BCUT2D eigenvalue weighted by Gasteiger charge is -2.42. The molecule has 1 aromatic carbocycles. The molecule has 2 heterocycles. The van der Waals surface area contributed by atoms with Gasteiger partial charge < -0.3 is 20.2 Å². The molecule has 6 nitrogen and oxygen atoms in total. The summed E-state index contributed by atoms with van der Waals surface area (Å²) >= 11 is 0. The van der Waals surface area contributed by atoms with E-state index in [-0.39, 0.29) is 47.8 Å². The average Bonchev–Trinajstić information content (AvgIpc) is 3.61. The zero-order valence-electron chi connectivity index (χ0n) is 19.2. The van der Waals surface area contributed by atoms with Crippen molar-refractivity contribution in [3.05, 3.63) is 23.8 Å². The van der Waals surface area contributed by atoms with Crippen molar-refractivity contribution in [2.75, 3.05) is 29.9 Å². The number of likely N-dealkylation sites (tertiary alicyclic amines) is 1. The minimum absolute atomic E-state index is 0.0560. The molecule has 0 aromatic heterocycles. The lowest BCUT2D eigenvalue weighted by Crippen LogP contribution is -2.50. The van der Waals surface area contributed by atoms with Crippen LogP contribution in [0.15, 0.2) is 18.2 Å². The second-order valence-corrected chi connectivity index (χ2v) is 10.5. The third-order valence-electron chi connectivity index (χ3n) is 8.09. The highest BCUT2D eigenvalue weighted by Gasteiger charge is 2.51. The molecule has 0 bridgehead atoms. The number of piperidine rings is 1. The van der Waals surface area contributed by atoms with Crippen molar-refractivity contribution < 1.29 is 27.9 Å². The van der Waals surface area contributed by atoms with Crippen LogP contribution in [0.1, 0.15) is 63.4 Å². The van der Waals surface area contributed by atoms with Gasteiger partial charge in [-0.3, -0.25) is 9.59 Å². The zero-order valence-corrected chi connectivity index (χ0v) is 19.2. The third-order valence-corrected chi connectivity index (χ3v) is 8.09. The summed E-state index contributed by atoms with van der Waals surface area (Å²) in [7, 11) is 0. The molecule has 0 radical (unpaired) electrons. The summed E-state index contributed by atoms with van der Waals surface area (Å²) < 4.78 is 42.1. The predicted octanol–water partition coefficient (Wildman–Crippen LogP) is 4.18. The van der Waals surface area contributed by atoms with E-state index in [9.17, 15) is 27.9 Å². The molecule has 4 aliphatic rings. The fraction of sp³-hybridized carbons (Fsp3) is 0.680. The number of halogens is 3. The van der Waals surface area contributed by atoms with E-state index in [0.717, 1.165) is 31.7 Å². The Kier molecular flexibility index (Phi) is 6.02. The van der Waals surface area contributed by atoms with Gasteiger partial charge in [-0.1, -0.05) is 0 Å². The van der Waals surface area contributed by atoms with Crippen LogP contribution in [0.5, 0.6) is 0 Å². The second kappa shape index (κ2) is 8.73. The first-order valence-corrected chi connectivity index (χ1v) is 12.4. The Balaban J connectivity index is 1.36. The maximum atomic E-state index is 14.0. The molecule has 9 heteroatoms. The summed E-state index contributed by atoms with van der Waals surface area (Å²) in [5.74, 6) is -0.273. The number of anilines is 2. The van der Waals surface area contributed by atoms with Crippen molar-refractivity contribution in [3.63, 3.8) is 0 Å². The third kappa shape index (κ3) is 4.51. The van der Waals surface area contributed by atoms with Crippen molar-refractivity contribution in [2.45, 2.75) is 76.1 Å². The fourth-order valence-electron chi connectivity index (χ4n) is 5.99. The van der Waals surface area contributed by atoms with Crippen LogP contribution in [0.3, 0.4) is 0 Å². The number of rotatable bonds is 4. The number of nitrogens with zero attached hydrogens (tertiary/aromatic N) is 2. The fourth-order valence-corrected chi connectivity index (χ4v) is 5.99.